The molecule has 1 aliphatic carbocycles. The van der Waals surface area contributed by atoms with Gasteiger partial charge >= 0.3 is 0 Å². The van der Waals surface area contributed by atoms with Crippen molar-refractivity contribution in [1.29, 1.82) is 0 Å². The number of rotatable bonds is 2. The first-order chi connectivity index (χ1) is 6.50. The molecule has 1 unspecified atom stereocenters. The Bertz CT molecular complexity index is 370. The first-order valence-electron chi connectivity index (χ1n) is 4.22. The lowest BCUT2D eigenvalue weighted by atomic mass is 10.1. The van der Waals surface area contributed by atoms with Gasteiger partial charge < -0.3 is 5.11 Å². The number of Topliss-reactive ketones (excluding diaryl/α,β-unsaturated/α-hetero) is 1. The van der Waals surface area contributed by atoms with Crippen LogP contribution in [-0.4, -0.2) is 16.8 Å². The van der Waals surface area contributed by atoms with Gasteiger partial charge in [-0.2, -0.15) is 0 Å². The van der Waals surface area contributed by atoms with Gasteiger partial charge in [-0.1, -0.05) is 0 Å². The molecule has 2 nitrogen and oxygen atoms in total. The summed E-state index contributed by atoms with van der Waals surface area (Å²) in [6, 6.07) is 5.33. The van der Waals surface area contributed by atoms with Crippen LogP contribution in [0.1, 0.15) is 16.8 Å². The number of aromatic hydroxyl groups is 1. The fourth-order valence-corrected chi connectivity index (χ4v) is 1.32. The van der Waals surface area contributed by atoms with E-state index in [4.69, 9.17) is 5.11 Å². The van der Waals surface area contributed by atoms with Gasteiger partial charge in [-0.15, -0.1) is 0 Å². The molecule has 0 bridgehead atoms. The fraction of sp³-hybridized carbons (Fsp3) is 0.300. The van der Waals surface area contributed by atoms with Gasteiger partial charge in [0.25, 0.3) is 5.92 Å². The Hall–Kier alpha value is -1.45. The van der Waals surface area contributed by atoms with E-state index in [1.807, 2.05) is 0 Å². The summed E-state index contributed by atoms with van der Waals surface area (Å²) in [6.45, 7) is 0. The molecule has 1 atom stereocenters. The summed E-state index contributed by atoms with van der Waals surface area (Å²) < 4.78 is 25.1. The van der Waals surface area contributed by atoms with Crippen LogP contribution in [0.2, 0.25) is 0 Å². The van der Waals surface area contributed by atoms with Gasteiger partial charge in [-0.25, -0.2) is 8.78 Å². The summed E-state index contributed by atoms with van der Waals surface area (Å²) in [7, 11) is 0. The van der Waals surface area contributed by atoms with E-state index in [0.29, 0.717) is 0 Å². The Kier molecular flexibility index (Phi) is 1.80. The normalized spacial score (nSPS) is 23.1. The summed E-state index contributed by atoms with van der Waals surface area (Å²) in [5.74, 6) is -4.51. The average molecular weight is 198 g/mol. The summed E-state index contributed by atoms with van der Waals surface area (Å²) in [5.41, 5.74) is 0.227. The SMILES string of the molecule is O=C(c1ccc(O)cc1)C1CC1(F)F. The molecule has 14 heavy (non-hydrogen) atoms. The molecule has 0 saturated heterocycles. The summed E-state index contributed by atoms with van der Waals surface area (Å²) >= 11 is 0. The van der Waals surface area contributed by atoms with Crippen LogP contribution >= 0.6 is 0 Å². The molecule has 2 rings (SSSR count). The maximum absolute atomic E-state index is 12.5. The highest BCUT2D eigenvalue weighted by Gasteiger charge is 2.60. The number of halogens is 2. The highest BCUT2D eigenvalue weighted by Crippen LogP contribution is 2.50. The molecule has 74 valence electrons. The van der Waals surface area contributed by atoms with E-state index in [1.165, 1.54) is 24.3 Å². The number of carbonyl (C=O) groups is 1. The van der Waals surface area contributed by atoms with Gasteiger partial charge in [0, 0.05) is 12.0 Å². The van der Waals surface area contributed by atoms with Crippen LogP contribution < -0.4 is 0 Å². The van der Waals surface area contributed by atoms with E-state index in [2.05, 4.69) is 0 Å². The Morgan fingerprint density at radius 3 is 2.29 bits per heavy atom. The Labute approximate surface area is 79.2 Å². The van der Waals surface area contributed by atoms with Gasteiger partial charge in [0.2, 0.25) is 0 Å². The molecular weight excluding hydrogens is 190 g/mol. The summed E-state index contributed by atoms with van der Waals surface area (Å²) in [4.78, 5) is 11.4. The minimum Gasteiger partial charge on any atom is -0.508 e. The number of ketones is 1. The minimum absolute atomic E-state index is 0.0177. The van der Waals surface area contributed by atoms with Crippen LogP contribution in [0.4, 0.5) is 8.78 Å². The monoisotopic (exact) mass is 198 g/mol. The fourth-order valence-electron chi connectivity index (χ4n) is 1.32. The maximum Gasteiger partial charge on any atom is 0.259 e. The van der Waals surface area contributed by atoms with E-state index in [-0.39, 0.29) is 17.7 Å². The third-order valence-electron chi connectivity index (χ3n) is 2.29. The van der Waals surface area contributed by atoms with Crippen LogP contribution in [0.25, 0.3) is 0 Å². The molecular formula is C10H8F2O2. The second-order valence-corrected chi connectivity index (χ2v) is 3.43. The lowest BCUT2D eigenvalue weighted by Crippen LogP contribution is -2.07. The van der Waals surface area contributed by atoms with Crippen LogP contribution in [0.3, 0.4) is 0 Å². The number of phenols is 1. The maximum atomic E-state index is 12.5. The van der Waals surface area contributed by atoms with Gasteiger partial charge in [-0.05, 0) is 24.3 Å². The van der Waals surface area contributed by atoms with Crippen molar-refractivity contribution in [2.75, 3.05) is 0 Å². The molecule has 0 aromatic heterocycles. The van der Waals surface area contributed by atoms with Crippen molar-refractivity contribution in [3.63, 3.8) is 0 Å². The Balaban J connectivity index is 2.17. The van der Waals surface area contributed by atoms with Gasteiger partial charge in [-0.3, -0.25) is 4.79 Å². The number of benzene rings is 1. The molecule has 4 heteroatoms. The molecule has 0 heterocycles. The van der Waals surface area contributed by atoms with Crippen LogP contribution in [0, 0.1) is 5.92 Å². The number of carbonyl (C=O) groups excluding carboxylic acids is 1. The zero-order chi connectivity index (χ0) is 10.3. The van der Waals surface area contributed by atoms with E-state index in [1.54, 1.807) is 0 Å². The largest absolute Gasteiger partial charge is 0.508 e. The molecule has 0 aliphatic heterocycles. The van der Waals surface area contributed by atoms with E-state index in [9.17, 15) is 13.6 Å². The predicted octanol–water partition coefficient (Wildman–Crippen LogP) is 2.23. The number of phenolic OH excluding ortho intramolecular Hbond substituents is 1. The molecule has 1 aliphatic rings. The Morgan fingerprint density at radius 2 is 1.86 bits per heavy atom. The smallest absolute Gasteiger partial charge is 0.259 e. The molecule has 1 N–H and O–H groups in total. The number of alkyl halides is 2. The second kappa shape index (κ2) is 2.77. The molecule has 1 aromatic carbocycles. The van der Waals surface area contributed by atoms with Crippen LogP contribution in [-0.2, 0) is 0 Å². The van der Waals surface area contributed by atoms with Crippen molar-refractivity contribution < 1.29 is 18.7 Å². The van der Waals surface area contributed by atoms with E-state index >= 15 is 0 Å². The van der Waals surface area contributed by atoms with Crippen molar-refractivity contribution >= 4 is 5.78 Å². The first-order valence-corrected chi connectivity index (χ1v) is 4.22. The zero-order valence-electron chi connectivity index (χ0n) is 7.21. The number of hydrogen-bond donors (Lipinski definition) is 1. The molecule has 0 spiro atoms. The topological polar surface area (TPSA) is 37.3 Å². The molecule has 0 radical (unpaired) electrons. The van der Waals surface area contributed by atoms with Crippen LogP contribution in [0.15, 0.2) is 24.3 Å². The van der Waals surface area contributed by atoms with Gasteiger partial charge in [0.1, 0.15) is 5.75 Å². The lowest BCUT2D eigenvalue weighted by molar-refractivity contribution is 0.0757. The quantitative estimate of drug-likeness (QED) is 0.740. The third kappa shape index (κ3) is 1.47. The minimum atomic E-state index is -2.82. The standard InChI is InChI=1S/C10H8F2O2/c11-10(12)5-8(10)9(14)6-1-3-7(13)4-2-6/h1-4,8,13H,5H2. The van der Waals surface area contributed by atoms with Crippen LogP contribution in [0.5, 0.6) is 5.75 Å². The van der Waals surface area contributed by atoms with Crippen molar-refractivity contribution in [3.8, 4) is 5.75 Å². The van der Waals surface area contributed by atoms with E-state index in [0.717, 1.165) is 0 Å². The third-order valence-corrected chi connectivity index (χ3v) is 2.29. The second-order valence-electron chi connectivity index (χ2n) is 3.43. The molecule has 1 fully saturated rings. The van der Waals surface area contributed by atoms with Gasteiger partial charge in [0.05, 0.1) is 5.92 Å². The van der Waals surface area contributed by atoms with Crippen molar-refractivity contribution in [2.24, 2.45) is 5.92 Å². The van der Waals surface area contributed by atoms with Gasteiger partial charge in [0.15, 0.2) is 5.78 Å². The first kappa shape index (κ1) is 9.12. The lowest BCUT2D eigenvalue weighted by Gasteiger charge is -1.99. The predicted molar refractivity (Wildman–Crippen MR) is 45.5 cm³/mol. The molecule has 1 aromatic rings. The summed E-state index contributed by atoms with van der Waals surface area (Å²) in [5, 5.41) is 8.94. The molecule has 1 saturated carbocycles. The highest BCUT2D eigenvalue weighted by atomic mass is 19.3. The average Bonchev–Trinajstić information content (AvgIpc) is 2.75. The van der Waals surface area contributed by atoms with Crippen molar-refractivity contribution in [2.45, 2.75) is 12.3 Å². The molecule has 0 amide bonds. The van der Waals surface area contributed by atoms with Crippen molar-refractivity contribution in [1.82, 2.24) is 0 Å². The summed E-state index contributed by atoms with van der Waals surface area (Å²) in [6.07, 6.45) is -0.354. The Morgan fingerprint density at radius 1 is 1.36 bits per heavy atom. The van der Waals surface area contributed by atoms with Crippen molar-refractivity contribution in [3.05, 3.63) is 29.8 Å². The zero-order valence-corrected chi connectivity index (χ0v) is 7.21. The highest BCUT2D eigenvalue weighted by molar-refractivity contribution is 6.00. The number of hydrogen-bond acceptors (Lipinski definition) is 2. The van der Waals surface area contributed by atoms with E-state index < -0.39 is 17.6 Å².